The van der Waals surface area contributed by atoms with E-state index in [0.717, 1.165) is 10.5 Å². The van der Waals surface area contributed by atoms with E-state index in [1.54, 1.807) is 6.92 Å². The van der Waals surface area contributed by atoms with Crippen molar-refractivity contribution >= 4 is 17.7 Å². The summed E-state index contributed by atoms with van der Waals surface area (Å²) in [4.78, 5) is 12.3. The summed E-state index contributed by atoms with van der Waals surface area (Å²) in [5, 5.41) is 0. The first-order valence-corrected chi connectivity index (χ1v) is 5.83. The number of carbonyl (C=O) groups excluding carboxylic acids is 1. The Bertz CT molecular complexity index is 377. The number of esters is 1. The Kier molecular flexibility index (Phi) is 4.15. The molecule has 0 bridgehead atoms. The molecule has 0 heterocycles. The number of carbonyl (C=O) groups is 1. The van der Waals surface area contributed by atoms with Gasteiger partial charge in [-0.15, -0.1) is 11.8 Å². The van der Waals surface area contributed by atoms with Crippen LogP contribution < -0.4 is 0 Å². The predicted molar refractivity (Wildman–Crippen MR) is 58.9 cm³/mol. The van der Waals surface area contributed by atoms with E-state index in [2.05, 4.69) is 0 Å². The highest BCUT2D eigenvalue weighted by atomic mass is 32.2. The third kappa shape index (κ3) is 2.72. The summed E-state index contributed by atoms with van der Waals surface area (Å²) in [5.41, 5.74) is 0.833. The minimum absolute atomic E-state index is 0.00630. The van der Waals surface area contributed by atoms with E-state index >= 15 is 0 Å². The minimum Gasteiger partial charge on any atom is -0.462 e. The summed E-state index contributed by atoms with van der Waals surface area (Å²) in [6.45, 7) is 3.75. The fourth-order valence-electron chi connectivity index (χ4n) is 1.24. The van der Waals surface area contributed by atoms with Gasteiger partial charge in [-0.25, -0.2) is 9.18 Å². The smallest absolute Gasteiger partial charge is 0.341 e. The van der Waals surface area contributed by atoms with Crippen molar-refractivity contribution < 1.29 is 13.9 Å². The second-order valence-corrected chi connectivity index (χ2v) is 3.87. The molecule has 0 atom stereocenters. The molecule has 0 fully saturated rings. The van der Waals surface area contributed by atoms with Gasteiger partial charge in [-0.05, 0) is 37.8 Å². The zero-order valence-corrected chi connectivity index (χ0v) is 9.78. The summed E-state index contributed by atoms with van der Waals surface area (Å²) < 4.78 is 18.2. The molecule has 1 rings (SSSR count). The molecule has 0 saturated heterocycles. The molecule has 1 aromatic carbocycles. The van der Waals surface area contributed by atoms with Crippen LogP contribution in [0.5, 0.6) is 0 Å². The van der Waals surface area contributed by atoms with Crippen LogP contribution in [0.4, 0.5) is 4.39 Å². The Morgan fingerprint density at radius 1 is 1.53 bits per heavy atom. The van der Waals surface area contributed by atoms with Crippen LogP contribution in [0.1, 0.15) is 22.8 Å². The molecule has 0 radical (unpaired) electrons. The number of rotatable bonds is 3. The van der Waals surface area contributed by atoms with Gasteiger partial charge < -0.3 is 4.74 Å². The number of hydrogen-bond acceptors (Lipinski definition) is 3. The number of thioether (sulfide) groups is 1. The standard InChI is InChI=1S/C11H13FO2S/c1-4-14-11(13)8-6-10(15-3)7(2)5-9(8)12/h5-6H,4H2,1-3H3. The highest BCUT2D eigenvalue weighted by Gasteiger charge is 2.14. The van der Waals surface area contributed by atoms with Gasteiger partial charge in [0.25, 0.3) is 0 Å². The Morgan fingerprint density at radius 2 is 2.20 bits per heavy atom. The van der Waals surface area contributed by atoms with E-state index in [0.29, 0.717) is 0 Å². The van der Waals surface area contributed by atoms with Gasteiger partial charge in [-0.2, -0.15) is 0 Å². The second kappa shape index (κ2) is 5.16. The topological polar surface area (TPSA) is 26.3 Å². The monoisotopic (exact) mass is 228 g/mol. The van der Waals surface area contributed by atoms with Crippen molar-refractivity contribution in [2.45, 2.75) is 18.7 Å². The first-order valence-electron chi connectivity index (χ1n) is 4.61. The van der Waals surface area contributed by atoms with Crippen LogP contribution in [0.15, 0.2) is 17.0 Å². The summed E-state index contributed by atoms with van der Waals surface area (Å²) >= 11 is 1.48. The molecule has 15 heavy (non-hydrogen) atoms. The van der Waals surface area contributed by atoms with Crippen molar-refractivity contribution in [1.29, 1.82) is 0 Å². The van der Waals surface area contributed by atoms with Crippen LogP contribution >= 0.6 is 11.8 Å². The van der Waals surface area contributed by atoms with E-state index in [1.807, 2.05) is 13.2 Å². The van der Waals surface area contributed by atoms with Crippen molar-refractivity contribution in [2.75, 3.05) is 12.9 Å². The number of halogens is 1. The summed E-state index contributed by atoms with van der Waals surface area (Å²) in [5.74, 6) is -1.13. The maximum atomic E-state index is 13.4. The largest absolute Gasteiger partial charge is 0.462 e. The zero-order valence-electron chi connectivity index (χ0n) is 8.96. The van der Waals surface area contributed by atoms with Crippen LogP contribution in [0.3, 0.4) is 0 Å². The average molecular weight is 228 g/mol. The lowest BCUT2D eigenvalue weighted by atomic mass is 10.1. The SMILES string of the molecule is CCOC(=O)c1cc(SC)c(C)cc1F. The van der Waals surface area contributed by atoms with Gasteiger partial charge in [-0.3, -0.25) is 0 Å². The van der Waals surface area contributed by atoms with Crippen LogP contribution in [0.25, 0.3) is 0 Å². The van der Waals surface area contributed by atoms with Gasteiger partial charge in [0.05, 0.1) is 12.2 Å². The fraction of sp³-hybridized carbons (Fsp3) is 0.364. The Labute approximate surface area is 92.8 Å². The summed E-state index contributed by atoms with van der Waals surface area (Å²) in [6.07, 6.45) is 1.88. The van der Waals surface area contributed by atoms with E-state index in [-0.39, 0.29) is 12.2 Å². The molecule has 0 N–H and O–H groups in total. The van der Waals surface area contributed by atoms with Crippen molar-refractivity contribution in [1.82, 2.24) is 0 Å². The molecule has 0 amide bonds. The lowest BCUT2D eigenvalue weighted by molar-refractivity contribution is 0.0520. The molecule has 0 aromatic heterocycles. The number of hydrogen-bond donors (Lipinski definition) is 0. The van der Waals surface area contributed by atoms with Gasteiger partial charge in [0.1, 0.15) is 5.82 Å². The fourth-order valence-corrected chi connectivity index (χ4v) is 1.85. The lowest BCUT2D eigenvalue weighted by Crippen LogP contribution is -2.07. The molecule has 82 valence electrons. The highest BCUT2D eigenvalue weighted by Crippen LogP contribution is 2.23. The van der Waals surface area contributed by atoms with Gasteiger partial charge in [-0.1, -0.05) is 0 Å². The first-order chi connectivity index (χ1) is 7.10. The summed E-state index contributed by atoms with van der Waals surface area (Å²) in [7, 11) is 0. The van der Waals surface area contributed by atoms with Gasteiger partial charge in [0.2, 0.25) is 0 Å². The van der Waals surface area contributed by atoms with Crippen LogP contribution in [0, 0.1) is 12.7 Å². The van der Waals surface area contributed by atoms with Crippen LogP contribution in [0.2, 0.25) is 0 Å². The number of aryl methyl sites for hydroxylation is 1. The molecule has 0 aliphatic carbocycles. The molecule has 0 aliphatic heterocycles. The van der Waals surface area contributed by atoms with E-state index < -0.39 is 11.8 Å². The molecule has 0 aliphatic rings. The van der Waals surface area contributed by atoms with E-state index in [9.17, 15) is 9.18 Å². The third-order valence-electron chi connectivity index (χ3n) is 1.98. The Balaban J connectivity index is 3.12. The summed E-state index contributed by atoms with van der Waals surface area (Å²) in [6, 6.07) is 2.89. The minimum atomic E-state index is -0.606. The average Bonchev–Trinajstić information content (AvgIpc) is 2.18. The molecule has 0 saturated carbocycles. The van der Waals surface area contributed by atoms with E-state index in [4.69, 9.17) is 4.74 Å². The molecular formula is C11H13FO2S. The Morgan fingerprint density at radius 3 is 2.73 bits per heavy atom. The van der Waals surface area contributed by atoms with Crippen LogP contribution in [-0.2, 0) is 4.74 Å². The third-order valence-corrected chi connectivity index (χ3v) is 2.86. The van der Waals surface area contributed by atoms with Gasteiger partial charge in [0, 0.05) is 4.90 Å². The highest BCUT2D eigenvalue weighted by molar-refractivity contribution is 7.98. The quantitative estimate of drug-likeness (QED) is 0.587. The molecule has 4 heteroatoms. The van der Waals surface area contributed by atoms with Crippen molar-refractivity contribution in [3.63, 3.8) is 0 Å². The molecule has 0 spiro atoms. The molecule has 0 unspecified atom stereocenters. The number of ether oxygens (including phenoxy) is 1. The predicted octanol–water partition coefficient (Wildman–Crippen LogP) is 3.03. The van der Waals surface area contributed by atoms with E-state index in [1.165, 1.54) is 23.9 Å². The molecule has 1 aromatic rings. The maximum Gasteiger partial charge on any atom is 0.341 e. The normalized spacial score (nSPS) is 10.1. The van der Waals surface area contributed by atoms with Crippen molar-refractivity contribution in [2.24, 2.45) is 0 Å². The molecule has 2 nitrogen and oxygen atoms in total. The lowest BCUT2D eigenvalue weighted by Gasteiger charge is -2.07. The van der Waals surface area contributed by atoms with Crippen molar-refractivity contribution in [3.8, 4) is 0 Å². The van der Waals surface area contributed by atoms with Crippen molar-refractivity contribution in [3.05, 3.63) is 29.1 Å². The number of benzene rings is 1. The maximum absolute atomic E-state index is 13.4. The van der Waals surface area contributed by atoms with Crippen LogP contribution in [-0.4, -0.2) is 18.8 Å². The second-order valence-electron chi connectivity index (χ2n) is 3.02. The van der Waals surface area contributed by atoms with Gasteiger partial charge >= 0.3 is 5.97 Å². The molecular weight excluding hydrogens is 215 g/mol. The first kappa shape index (κ1) is 12.0. The zero-order chi connectivity index (χ0) is 11.4. The van der Waals surface area contributed by atoms with Gasteiger partial charge in [0.15, 0.2) is 0 Å². The Hall–Kier alpha value is -1.03.